The Morgan fingerprint density at radius 1 is 1.15 bits per heavy atom. The third-order valence-electron chi connectivity index (χ3n) is 5.21. The second kappa shape index (κ2) is 6.90. The number of aryl methyl sites for hydroxylation is 1. The number of para-hydroxylation sites is 1. The minimum absolute atomic E-state index is 0.261. The highest BCUT2D eigenvalue weighted by atomic mass is 16.5. The van der Waals surface area contributed by atoms with Crippen LogP contribution in [0.1, 0.15) is 46.8 Å². The molecule has 0 aliphatic heterocycles. The maximum absolute atomic E-state index is 12.9. The Balaban J connectivity index is 1.69. The Bertz CT molecular complexity index is 1040. The third kappa shape index (κ3) is 2.99. The van der Waals surface area contributed by atoms with Gasteiger partial charge >= 0.3 is 0 Å². The van der Waals surface area contributed by atoms with Gasteiger partial charge in [0.1, 0.15) is 11.4 Å². The number of nitrogens with zero attached hydrogens (tertiary/aromatic N) is 3. The van der Waals surface area contributed by atoms with Gasteiger partial charge in [-0.3, -0.25) is 14.3 Å². The summed E-state index contributed by atoms with van der Waals surface area (Å²) >= 11 is 0. The summed E-state index contributed by atoms with van der Waals surface area (Å²) in [5.41, 5.74) is 2.57. The van der Waals surface area contributed by atoms with Gasteiger partial charge in [0.15, 0.2) is 5.69 Å². The number of carbonyl (C=O) groups is 1. The van der Waals surface area contributed by atoms with Gasteiger partial charge in [0, 0.05) is 19.0 Å². The third-order valence-corrected chi connectivity index (χ3v) is 5.21. The Morgan fingerprint density at radius 2 is 1.89 bits per heavy atom. The van der Waals surface area contributed by atoms with Crippen LogP contribution in [0.4, 0.5) is 5.69 Å². The van der Waals surface area contributed by atoms with Crippen molar-refractivity contribution in [1.29, 1.82) is 0 Å². The Kier molecular flexibility index (Phi) is 4.43. The van der Waals surface area contributed by atoms with Crippen molar-refractivity contribution >= 4 is 11.6 Å². The van der Waals surface area contributed by atoms with E-state index in [1.807, 2.05) is 30.3 Å². The van der Waals surface area contributed by atoms with Crippen LogP contribution < -0.4 is 10.9 Å². The highest BCUT2D eigenvalue weighted by molar-refractivity contribution is 6.04. The van der Waals surface area contributed by atoms with E-state index < -0.39 is 5.91 Å². The molecule has 27 heavy (non-hydrogen) atoms. The van der Waals surface area contributed by atoms with Crippen molar-refractivity contribution in [3.05, 3.63) is 63.4 Å². The van der Waals surface area contributed by atoms with Gasteiger partial charge < -0.3 is 9.84 Å². The molecular formula is C20H22N4O3. The molecule has 0 radical (unpaired) electrons. The number of rotatable bonds is 3. The van der Waals surface area contributed by atoms with Gasteiger partial charge in [-0.05, 0) is 38.3 Å². The molecule has 0 fully saturated rings. The molecule has 1 aliphatic rings. The van der Waals surface area contributed by atoms with Crippen LogP contribution in [0.25, 0.3) is 5.69 Å². The first kappa shape index (κ1) is 17.3. The molecule has 140 valence electrons. The molecule has 0 atom stereocenters. The average Bonchev–Trinajstić information content (AvgIpc) is 3.05. The van der Waals surface area contributed by atoms with Crippen LogP contribution in [0.5, 0.6) is 0 Å². The zero-order valence-electron chi connectivity index (χ0n) is 15.5. The first-order valence-electron chi connectivity index (χ1n) is 9.20. The van der Waals surface area contributed by atoms with E-state index in [0.717, 1.165) is 49.1 Å². The lowest BCUT2D eigenvalue weighted by Crippen LogP contribution is -2.23. The molecule has 2 heterocycles. The summed E-state index contributed by atoms with van der Waals surface area (Å²) in [5, 5.41) is 6.75. The normalized spacial score (nSPS) is 13.9. The SMILES string of the molecule is Cc1c(NC(=O)c2noc3c2CCCCC3)c(=O)n(-c2ccccc2)n1C. The molecule has 7 heteroatoms. The molecule has 3 aromatic rings. The van der Waals surface area contributed by atoms with Crippen molar-refractivity contribution in [1.82, 2.24) is 14.5 Å². The highest BCUT2D eigenvalue weighted by Crippen LogP contribution is 2.24. The lowest BCUT2D eigenvalue weighted by molar-refractivity contribution is 0.101. The minimum Gasteiger partial charge on any atom is -0.360 e. The number of aromatic nitrogens is 3. The quantitative estimate of drug-likeness (QED) is 0.723. The minimum atomic E-state index is -0.395. The van der Waals surface area contributed by atoms with Crippen molar-refractivity contribution in [2.24, 2.45) is 7.05 Å². The number of hydrogen-bond donors (Lipinski definition) is 1. The molecule has 1 N–H and O–H groups in total. The first-order valence-corrected chi connectivity index (χ1v) is 9.20. The molecule has 0 bridgehead atoms. The molecule has 4 rings (SSSR count). The second-order valence-electron chi connectivity index (χ2n) is 6.88. The number of fused-ring (bicyclic) bond motifs is 1. The smallest absolute Gasteiger partial charge is 0.295 e. The van der Waals surface area contributed by atoms with E-state index >= 15 is 0 Å². The summed E-state index contributed by atoms with van der Waals surface area (Å²) in [6, 6.07) is 9.33. The zero-order chi connectivity index (χ0) is 19.0. The van der Waals surface area contributed by atoms with Crippen LogP contribution in [-0.4, -0.2) is 20.4 Å². The van der Waals surface area contributed by atoms with Crippen LogP contribution >= 0.6 is 0 Å². The van der Waals surface area contributed by atoms with Crippen LogP contribution in [0, 0.1) is 6.92 Å². The van der Waals surface area contributed by atoms with E-state index in [-0.39, 0.29) is 11.2 Å². The van der Waals surface area contributed by atoms with Gasteiger partial charge in [-0.1, -0.05) is 29.8 Å². The predicted octanol–water partition coefficient (Wildman–Crippen LogP) is 2.99. The largest absolute Gasteiger partial charge is 0.360 e. The van der Waals surface area contributed by atoms with Gasteiger partial charge in [0.25, 0.3) is 11.5 Å². The number of hydrogen-bond acceptors (Lipinski definition) is 4. The van der Waals surface area contributed by atoms with Crippen molar-refractivity contribution in [2.45, 2.75) is 39.0 Å². The lowest BCUT2D eigenvalue weighted by atomic mass is 10.1. The summed E-state index contributed by atoms with van der Waals surface area (Å²) in [4.78, 5) is 25.8. The fourth-order valence-electron chi connectivity index (χ4n) is 3.62. The van der Waals surface area contributed by atoms with Gasteiger partial charge in [0.2, 0.25) is 0 Å². The first-order chi connectivity index (χ1) is 13.1. The summed E-state index contributed by atoms with van der Waals surface area (Å²) in [6.45, 7) is 1.81. The predicted molar refractivity (Wildman–Crippen MR) is 101 cm³/mol. The number of benzene rings is 1. The van der Waals surface area contributed by atoms with Crippen molar-refractivity contribution < 1.29 is 9.32 Å². The molecule has 0 spiro atoms. The van der Waals surface area contributed by atoms with E-state index in [9.17, 15) is 9.59 Å². The van der Waals surface area contributed by atoms with E-state index in [1.54, 1.807) is 18.7 Å². The fourth-order valence-corrected chi connectivity index (χ4v) is 3.62. The highest BCUT2D eigenvalue weighted by Gasteiger charge is 2.25. The lowest BCUT2D eigenvalue weighted by Gasteiger charge is -2.07. The number of anilines is 1. The zero-order valence-corrected chi connectivity index (χ0v) is 15.5. The molecule has 2 aromatic heterocycles. The Hall–Kier alpha value is -3.09. The molecule has 1 amide bonds. The molecule has 0 saturated heterocycles. The maximum Gasteiger partial charge on any atom is 0.295 e. The molecule has 0 unspecified atom stereocenters. The molecule has 1 aromatic carbocycles. The molecule has 7 nitrogen and oxygen atoms in total. The second-order valence-corrected chi connectivity index (χ2v) is 6.88. The number of nitrogens with one attached hydrogen (secondary N) is 1. The fraction of sp³-hybridized carbons (Fsp3) is 0.350. The van der Waals surface area contributed by atoms with Crippen LogP contribution in [-0.2, 0) is 19.9 Å². The van der Waals surface area contributed by atoms with Gasteiger partial charge in [-0.15, -0.1) is 0 Å². The monoisotopic (exact) mass is 366 g/mol. The van der Waals surface area contributed by atoms with E-state index in [1.165, 1.54) is 4.68 Å². The van der Waals surface area contributed by atoms with Crippen molar-refractivity contribution in [3.63, 3.8) is 0 Å². The van der Waals surface area contributed by atoms with Crippen LogP contribution in [0.3, 0.4) is 0 Å². The van der Waals surface area contributed by atoms with Gasteiger partial charge in [-0.25, -0.2) is 4.68 Å². The van der Waals surface area contributed by atoms with Crippen LogP contribution in [0.15, 0.2) is 39.6 Å². The summed E-state index contributed by atoms with van der Waals surface area (Å²) in [5.74, 6) is 0.400. The molecular weight excluding hydrogens is 344 g/mol. The molecule has 1 aliphatic carbocycles. The van der Waals surface area contributed by atoms with Crippen molar-refractivity contribution in [3.8, 4) is 5.69 Å². The molecule has 0 saturated carbocycles. The van der Waals surface area contributed by atoms with Crippen LogP contribution in [0.2, 0.25) is 0 Å². The summed E-state index contributed by atoms with van der Waals surface area (Å²) < 4.78 is 8.65. The van der Waals surface area contributed by atoms with E-state index in [0.29, 0.717) is 11.4 Å². The van der Waals surface area contributed by atoms with E-state index in [2.05, 4.69) is 10.5 Å². The standard InChI is InChI=1S/C20H22N4O3/c1-13-17(20(26)24(23(13)2)14-9-5-3-6-10-14)21-19(25)18-15-11-7-4-8-12-16(15)27-22-18/h3,5-6,9-10H,4,7-8,11-12H2,1-2H3,(H,21,25). The summed E-state index contributed by atoms with van der Waals surface area (Å²) in [6.07, 6.45) is 4.76. The van der Waals surface area contributed by atoms with Gasteiger partial charge in [-0.2, -0.15) is 0 Å². The topological polar surface area (TPSA) is 82.1 Å². The van der Waals surface area contributed by atoms with E-state index in [4.69, 9.17) is 4.52 Å². The van der Waals surface area contributed by atoms with Crippen molar-refractivity contribution in [2.75, 3.05) is 5.32 Å². The Labute approximate surface area is 156 Å². The van der Waals surface area contributed by atoms with Gasteiger partial charge in [0.05, 0.1) is 11.4 Å². The maximum atomic E-state index is 12.9. The summed E-state index contributed by atoms with van der Waals surface area (Å²) in [7, 11) is 1.79. The number of amides is 1. The Morgan fingerprint density at radius 3 is 2.67 bits per heavy atom. The average molecular weight is 366 g/mol. The number of carbonyl (C=O) groups excluding carboxylic acids is 1.